The van der Waals surface area contributed by atoms with Crippen LogP contribution < -0.4 is 5.73 Å². The van der Waals surface area contributed by atoms with E-state index in [0.717, 1.165) is 25.2 Å². The average Bonchev–Trinajstić information content (AvgIpc) is 2.39. The van der Waals surface area contributed by atoms with Gasteiger partial charge in [-0.3, -0.25) is 4.90 Å². The third-order valence-electron chi connectivity index (χ3n) is 3.92. The van der Waals surface area contributed by atoms with E-state index in [9.17, 15) is 8.78 Å². The van der Waals surface area contributed by atoms with E-state index in [1.807, 2.05) is 0 Å². The summed E-state index contributed by atoms with van der Waals surface area (Å²) in [5.41, 5.74) is 7.15. The second-order valence-electron chi connectivity index (χ2n) is 5.54. The van der Waals surface area contributed by atoms with Crippen molar-refractivity contribution in [1.82, 2.24) is 4.90 Å². The minimum absolute atomic E-state index is 0.0934. The molecule has 1 heterocycles. The Labute approximate surface area is 113 Å². The minimum Gasteiger partial charge on any atom is -0.328 e. The second kappa shape index (κ2) is 6.44. The van der Waals surface area contributed by atoms with Crippen LogP contribution in [0.1, 0.15) is 37.3 Å². The molecular weight excluding hydrogens is 246 g/mol. The molecule has 2 atom stereocenters. The summed E-state index contributed by atoms with van der Waals surface area (Å²) in [4.78, 5) is 2.37. The molecule has 0 aromatic heterocycles. The molecule has 0 bridgehead atoms. The highest BCUT2D eigenvalue weighted by Gasteiger charge is 2.22. The van der Waals surface area contributed by atoms with Crippen molar-refractivity contribution in [2.45, 2.75) is 38.8 Å². The highest BCUT2D eigenvalue weighted by molar-refractivity contribution is 5.23. The first kappa shape index (κ1) is 14.4. The molecule has 1 aromatic rings. The van der Waals surface area contributed by atoms with Gasteiger partial charge in [0, 0.05) is 24.7 Å². The van der Waals surface area contributed by atoms with Crippen molar-refractivity contribution >= 4 is 0 Å². The molecule has 0 aliphatic carbocycles. The summed E-state index contributed by atoms with van der Waals surface area (Å²) < 4.78 is 24.9. The van der Waals surface area contributed by atoms with Gasteiger partial charge in [0.1, 0.15) is 0 Å². The molecule has 2 nitrogen and oxygen atoms in total. The summed E-state index contributed by atoms with van der Waals surface area (Å²) in [7, 11) is 0. The van der Waals surface area contributed by atoms with Crippen LogP contribution in [-0.2, 0) is 6.54 Å². The Kier molecular flexibility index (Phi) is 4.88. The van der Waals surface area contributed by atoms with E-state index < -0.39 is 6.43 Å². The number of nitrogens with two attached hydrogens (primary N) is 1. The smallest absolute Gasteiger partial charge is 0.263 e. The Hall–Kier alpha value is -1.00. The third-order valence-corrected chi connectivity index (χ3v) is 3.92. The summed E-state index contributed by atoms with van der Waals surface area (Å²) in [5, 5.41) is 0. The van der Waals surface area contributed by atoms with Crippen LogP contribution in [0.15, 0.2) is 24.3 Å². The van der Waals surface area contributed by atoms with Gasteiger partial charge in [-0.1, -0.05) is 24.3 Å². The highest BCUT2D eigenvalue weighted by atomic mass is 19.3. The molecule has 2 rings (SSSR count). The molecular formula is C15H22F2N2. The maximum absolute atomic E-state index is 12.5. The van der Waals surface area contributed by atoms with Gasteiger partial charge < -0.3 is 5.73 Å². The minimum atomic E-state index is -2.38. The van der Waals surface area contributed by atoms with Crippen molar-refractivity contribution in [3.63, 3.8) is 0 Å². The quantitative estimate of drug-likeness (QED) is 0.908. The van der Waals surface area contributed by atoms with Gasteiger partial charge in [0.15, 0.2) is 0 Å². The number of hydrogen-bond acceptors (Lipinski definition) is 2. The SMILES string of the molecule is CC(N)C1CCCN(Cc2ccc(C(F)F)cc2)C1. The van der Waals surface area contributed by atoms with Crippen molar-refractivity contribution in [2.75, 3.05) is 13.1 Å². The fourth-order valence-corrected chi connectivity index (χ4v) is 2.69. The van der Waals surface area contributed by atoms with Gasteiger partial charge in [0.05, 0.1) is 0 Å². The number of piperidine rings is 1. The van der Waals surface area contributed by atoms with E-state index in [2.05, 4.69) is 11.8 Å². The van der Waals surface area contributed by atoms with Crippen molar-refractivity contribution in [1.29, 1.82) is 0 Å². The molecule has 0 radical (unpaired) electrons. The monoisotopic (exact) mass is 268 g/mol. The molecule has 1 fully saturated rings. The molecule has 1 aromatic carbocycles. The van der Waals surface area contributed by atoms with Gasteiger partial charge >= 0.3 is 0 Å². The lowest BCUT2D eigenvalue weighted by atomic mass is 9.92. The Balaban J connectivity index is 1.93. The Morgan fingerprint density at radius 3 is 2.58 bits per heavy atom. The molecule has 0 saturated carbocycles. The third kappa shape index (κ3) is 3.98. The molecule has 1 aliphatic rings. The molecule has 4 heteroatoms. The fourth-order valence-electron chi connectivity index (χ4n) is 2.69. The second-order valence-corrected chi connectivity index (χ2v) is 5.54. The molecule has 2 N–H and O–H groups in total. The zero-order valence-electron chi connectivity index (χ0n) is 11.4. The van der Waals surface area contributed by atoms with E-state index in [1.165, 1.54) is 25.0 Å². The first-order valence-corrected chi connectivity index (χ1v) is 6.91. The predicted octanol–water partition coefficient (Wildman–Crippen LogP) is 3.18. The Morgan fingerprint density at radius 2 is 2.00 bits per heavy atom. The predicted molar refractivity (Wildman–Crippen MR) is 73.0 cm³/mol. The lowest BCUT2D eigenvalue weighted by Crippen LogP contribution is -2.41. The molecule has 19 heavy (non-hydrogen) atoms. The highest BCUT2D eigenvalue weighted by Crippen LogP contribution is 2.22. The van der Waals surface area contributed by atoms with Crippen molar-refractivity contribution in [3.05, 3.63) is 35.4 Å². The van der Waals surface area contributed by atoms with E-state index in [1.54, 1.807) is 12.1 Å². The number of nitrogens with zero attached hydrogens (tertiary/aromatic N) is 1. The molecule has 1 saturated heterocycles. The van der Waals surface area contributed by atoms with Crippen LogP contribution in [0.2, 0.25) is 0 Å². The van der Waals surface area contributed by atoms with Gasteiger partial charge in [0.2, 0.25) is 0 Å². The summed E-state index contributed by atoms with van der Waals surface area (Å²) in [6.07, 6.45) is -0.0219. The molecule has 106 valence electrons. The zero-order valence-corrected chi connectivity index (χ0v) is 11.4. The lowest BCUT2D eigenvalue weighted by molar-refractivity contribution is 0.150. The number of alkyl halides is 2. The van der Waals surface area contributed by atoms with E-state index >= 15 is 0 Å². The van der Waals surface area contributed by atoms with E-state index in [4.69, 9.17) is 5.73 Å². The first-order chi connectivity index (χ1) is 9.06. The number of rotatable bonds is 4. The van der Waals surface area contributed by atoms with Crippen LogP contribution >= 0.6 is 0 Å². The zero-order chi connectivity index (χ0) is 13.8. The Bertz CT molecular complexity index is 390. The standard InChI is InChI=1S/C15H22F2N2/c1-11(18)14-3-2-8-19(10-14)9-12-4-6-13(7-5-12)15(16)17/h4-7,11,14-15H,2-3,8-10,18H2,1H3. The van der Waals surface area contributed by atoms with Crippen LogP contribution in [0, 0.1) is 5.92 Å². The summed E-state index contributed by atoms with van der Waals surface area (Å²) in [5.74, 6) is 0.550. The average molecular weight is 268 g/mol. The van der Waals surface area contributed by atoms with Gasteiger partial charge in [0.25, 0.3) is 6.43 Å². The Morgan fingerprint density at radius 1 is 1.32 bits per heavy atom. The molecule has 2 unspecified atom stereocenters. The number of benzene rings is 1. The number of halogens is 2. The van der Waals surface area contributed by atoms with Gasteiger partial charge in [-0.15, -0.1) is 0 Å². The normalized spacial score (nSPS) is 22.7. The van der Waals surface area contributed by atoms with Gasteiger partial charge in [-0.05, 0) is 37.8 Å². The fraction of sp³-hybridized carbons (Fsp3) is 0.600. The van der Waals surface area contributed by atoms with Crippen LogP contribution in [-0.4, -0.2) is 24.0 Å². The van der Waals surface area contributed by atoms with Crippen LogP contribution in [0.5, 0.6) is 0 Å². The summed E-state index contributed by atoms with van der Waals surface area (Å²) >= 11 is 0. The summed E-state index contributed by atoms with van der Waals surface area (Å²) in [6, 6.07) is 6.87. The van der Waals surface area contributed by atoms with Crippen molar-refractivity contribution < 1.29 is 8.78 Å². The number of hydrogen-bond donors (Lipinski definition) is 1. The van der Waals surface area contributed by atoms with Gasteiger partial charge in [-0.25, -0.2) is 8.78 Å². The molecule has 1 aliphatic heterocycles. The summed E-state index contributed by atoms with van der Waals surface area (Å²) in [6.45, 7) is 4.96. The van der Waals surface area contributed by atoms with E-state index in [-0.39, 0.29) is 11.6 Å². The van der Waals surface area contributed by atoms with Crippen LogP contribution in [0.3, 0.4) is 0 Å². The van der Waals surface area contributed by atoms with Gasteiger partial charge in [-0.2, -0.15) is 0 Å². The molecule has 0 amide bonds. The van der Waals surface area contributed by atoms with E-state index in [0.29, 0.717) is 5.92 Å². The van der Waals surface area contributed by atoms with Crippen LogP contribution in [0.4, 0.5) is 8.78 Å². The van der Waals surface area contributed by atoms with Crippen molar-refractivity contribution in [2.24, 2.45) is 11.7 Å². The van der Waals surface area contributed by atoms with Crippen LogP contribution in [0.25, 0.3) is 0 Å². The largest absolute Gasteiger partial charge is 0.328 e. The molecule has 0 spiro atoms. The maximum atomic E-state index is 12.5. The topological polar surface area (TPSA) is 29.3 Å². The first-order valence-electron chi connectivity index (χ1n) is 6.91. The lowest BCUT2D eigenvalue weighted by Gasteiger charge is -2.34. The number of likely N-dealkylation sites (tertiary alicyclic amines) is 1. The maximum Gasteiger partial charge on any atom is 0.263 e. The van der Waals surface area contributed by atoms with Crippen molar-refractivity contribution in [3.8, 4) is 0 Å².